The Bertz CT molecular complexity index is 410. The fourth-order valence-electron chi connectivity index (χ4n) is 1.31. The van der Waals surface area contributed by atoms with E-state index >= 15 is 0 Å². The number of carbonyl (C=O) groups is 1. The molecule has 6 heteroatoms. The molecule has 1 aromatic heterocycles. The lowest BCUT2D eigenvalue weighted by atomic mass is 10.2. The van der Waals surface area contributed by atoms with E-state index in [4.69, 9.17) is 4.74 Å². The van der Waals surface area contributed by atoms with Crippen LogP contribution in [0.4, 0.5) is 5.82 Å². The minimum atomic E-state index is -0.206. The second-order valence-electron chi connectivity index (χ2n) is 4.07. The summed E-state index contributed by atoms with van der Waals surface area (Å²) in [6.07, 6.45) is 0.326. The third-order valence-electron chi connectivity index (χ3n) is 2.17. The molecule has 100 valence electrons. The van der Waals surface area contributed by atoms with Crippen LogP contribution in [0.25, 0.3) is 0 Å². The summed E-state index contributed by atoms with van der Waals surface area (Å²) in [5.74, 6) is 1.53. The van der Waals surface area contributed by atoms with Crippen molar-refractivity contribution < 1.29 is 9.53 Å². The summed E-state index contributed by atoms with van der Waals surface area (Å²) in [5.41, 5.74) is 0. The topological polar surface area (TPSA) is 64.1 Å². The SMILES string of the molecule is CCOC(=O)CCNc1cc(Br)nc(C(C)C)n1. The van der Waals surface area contributed by atoms with E-state index in [2.05, 4.69) is 31.2 Å². The van der Waals surface area contributed by atoms with Gasteiger partial charge in [0.2, 0.25) is 0 Å². The number of aromatic nitrogens is 2. The summed E-state index contributed by atoms with van der Waals surface area (Å²) in [6, 6.07) is 1.79. The van der Waals surface area contributed by atoms with Gasteiger partial charge >= 0.3 is 5.97 Å². The predicted octanol–water partition coefficient (Wildman–Crippen LogP) is 2.73. The molecule has 0 spiro atoms. The van der Waals surface area contributed by atoms with E-state index in [-0.39, 0.29) is 11.9 Å². The smallest absolute Gasteiger partial charge is 0.307 e. The summed E-state index contributed by atoms with van der Waals surface area (Å²) in [4.78, 5) is 19.8. The highest BCUT2D eigenvalue weighted by Crippen LogP contribution is 2.17. The molecule has 0 radical (unpaired) electrons. The number of halogens is 1. The number of ether oxygens (including phenoxy) is 1. The molecule has 0 atom stereocenters. The second kappa shape index (κ2) is 7.31. The first-order valence-corrected chi connectivity index (χ1v) is 6.76. The number of nitrogens with one attached hydrogen (secondary N) is 1. The summed E-state index contributed by atoms with van der Waals surface area (Å²) in [6.45, 7) is 6.77. The molecule has 0 bridgehead atoms. The number of esters is 1. The maximum atomic E-state index is 11.2. The normalized spacial score (nSPS) is 10.5. The van der Waals surface area contributed by atoms with Gasteiger partial charge in [-0.25, -0.2) is 9.97 Å². The number of rotatable bonds is 6. The van der Waals surface area contributed by atoms with Gasteiger partial charge in [0.25, 0.3) is 0 Å². The van der Waals surface area contributed by atoms with Crippen LogP contribution in [0, 0.1) is 0 Å². The van der Waals surface area contributed by atoms with Crippen LogP contribution in [0.15, 0.2) is 10.7 Å². The molecule has 0 aromatic carbocycles. The molecule has 0 saturated heterocycles. The van der Waals surface area contributed by atoms with Crippen molar-refractivity contribution in [3.63, 3.8) is 0 Å². The van der Waals surface area contributed by atoms with Gasteiger partial charge in [-0.3, -0.25) is 4.79 Å². The summed E-state index contributed by atoms with van der Waals surface area (Å²) in [7, 11) is 0. The zero-order valence-corrected chi connectivity index (χ0v) is 12.5. The lowest BCUT2D eigenvalue weighted by Crippen LogP contribution is -2.13. The Hall–Kier alpha value is -1.17. The fourth-order valence-corrected chi connectivity index (χ4v) is 1.71. The van der Waals surface area contributed by atoms with E-state index in [0.29, 0.717) is 25.4 Å². The zero-order chi connectivity index (χ0) is 13.5. The van der Waals surface area contributed by atoms with E-state index in [9.17, 15) is 4.79 Å². The Kier molecular flexibility index (Phi) is 6.04. The average Bonchev–Trinajstić information content (AvgIpc) is 2.28. The van der Waals surface area contributed by atoms with Crippen LogP contribution in [0.2, 0.25) is 0 Å². The van der Waals surface area contributed by atoms with Crippen LogP contribution >= 0.6 is 15.9 Å². The highest BCUT2D eigenvalue weighted by Gasteiger charge is 2.07. The standard InChI is InChI=1S/C12H18BrN3O2/c1-4-18-11(17)5-6-14-10-7-9(13)15-12(16-10)8(2)3/h7-8H,4-6H2,1-3H3,(H,14,15,16). The van der Waals surface area contributed by atoms with Gasteiger partial charge in [0.15, 0.2) is 0 Å². The quantitative estimate of drug-likeness (QED) is 0.646. The van der Waals surface area contributed by atoms with Gasteiger partial charge < -0.3 is 10.1 Å². The predicted molar refractivity (Wildman–Crippen MR) is 73.6 cm³/mol. The molecule has 0 amide bonds. The highest BCUT2D eigenvalue weighted by atomic mass is 79.9. The van der Waals surface area contributed by atoms with E-state index in [1.807, 2.05) is 13.8 Å². The molecule has 5 nitrogen and oxygen atoms in total. The second-order valence-corrected chi connectivity index (χ2v) is 4.88. The van der Waals surface area contributed by atoms with Crippen LogP contribution in [0.3, 0.4) is 0 Å². The van der Waals surface area contributed by atoms with Gasteiger partial charge in [-0.15, -0.1) is 0 Å². The molecule has 0 aliphatic carbocycles. The molecule has 1 N–H and O–H groups in total. The first-order valence-electron chi connectivity index (χ1n) is 5.97. The van der Waals surface area contributed by atoms with E-state index in [1.165, 1.54) is 0 Å². The third kappa shape index (κ3) is 5.00. The minimum absolute atomic E-state index is 0.206. The Morgan fingerprint density at radius 2 is 2.22 bits per heavy atom. The van der Waals surface area contributed by atoms with Crippen molar-refractivity contribution in [3.05, 3.63) is 16.5 Å². The van der Waals surface area contributed by atoms with Crippen LogP contribution < -0.4 is 5.32 Å². The van der Waals surface area contributed by atoms with Gasteiger partial charge in [0, 0.05) is 18.5 Å². The Labute approximate surface area is 115 Å². The number of nitrogens with zero attached hydrogens (tertiary/aromatic N) is 2. The molecule has 0 fully saturated rings. The maximum Gasteiger partial charge on any atom is 0.307 e. The molecular formula is C12H18BrN3O2. The van der Waals surface area contributed by atoms with Gasteiger partial charge in [-0.1, -0.05) is 13.8 Å². The molecule has 0 saturated carbocycles. The molecular weight excluding hydrogens is 298 g/mol. The summed E-state index contributed by atoms with van der Waals surface area (Å²) >= 11 is 3.34. The minimum Gasteiger partial charge on any atom is -0.466 e. The molecule has 1 heterocycles. The van der Waals surface area contributed by atoms with Crippen LogP contribution in [-0.2, 0) is 9.53 Å². The van der Waals surface area contributed by atoms with Crippen molar-refractivity contribution in [1.82, 2.24) is 9.97 Å². The third-order valence-corrected chi connectivity index (χ3v) is 2.58. The highest BCUT2D eigenvalue weighted by molar-refractivity contribution is 9.10. The Morgan fingerprint density at radius 1 is 1.50 bits per heavy atom. The average molecular weight is 316 g/mol. The number of hydrogen-bond acceptors (Lipinski definition) is 5. The zero-order valence-electron chi connectivity index (χ0n) is 10.9. The molecule has 1 aromatic rings. The van der Waals surface area contributed by atoms with E-state index in [0.717, 1.165) is 10.4 Å². The van der Waals surface area contributed by atoms with Crippen molar-refractivity contribution in [2.75, 3.05) is 18.5 Å². The van der Waals surface area contributed by atoms with Crippen LogP contribution in [-0.4, -0.2) is 29.1 Å². The largest absolute Gasteiger partial charge is 0.466 e. The lowest BCUT2D eigenvalue weighted by molar-refractivity contribution is -0.142. The molecule has 18 heavy (non-hydrogen) atoms. The molecule has 1 rings (SSSR count). The summed E-state index contributed by atoms with van der Waals surface area (Å²) in [5, 5.41) is 3.09. The summed E-state index contributed by atoms with van der Waals surface area (Å²) < 4.78 is 5.58. The van der Waals surface area contributed by atoms with E-state index in [1.54, 1.807) is 13.0 Å². The van der Waals surface area contributed by atoms with Crippen LogP contribution in [0.1, 0.15) is 38.9 Å². The molecule has 0 unspecified atom stereocenters. The first kappa shape index (κ1) is 14.9. The van der Waals surface area contributed by atoms with Crippen molar-refractivity contribution in [3.8, 4) is 0 Å². The Morgan fingerprint density at radius 3 is 2.83 bits per heavy atom. The first-order chi connectivity index (χ1) is 8.52. The van der Waals surface area contributed by atoms with Crippen molar-refractivity contribution in [2.24, 2.45) is 0 Å². The van der Waals surface area contributed by atoms with Crippen LogP contribution in [0.5, 0.6) is 0 Å². The fraction of sp³-hybridized carbons (Fsp3) is 0.583. The van der Waals surface area contributed by atoms with E-state index < -0.39 is 0 Å². The van der Waals surface area contributed by atoms with Crippen molar-refractivity contribution >= 4 is 27.7 Å². The van der Waals surface area contributed by atoms with Gasteiger partial charge in [0.1, 0.15) is 16.2 Å². The molecule has 0 aliphatic rings. The van der Waals surface area contributed by atoms with Crippen molar-refractivity contribution in [2.45, 2.75) is 33.1 Å². The monoisotopic (exact) mass is 315 g/mol. The lowest BCUT2D eigenvalue weighted by Gasteiger charge is -2.09. The number of anilines is 1. The Balaban J connectivity index is 2.54. The number of hydrogen-bond donors (Lipinski definition) is 1. The van der Waals surface area contributed by atoms with Crippen molar-refractivity contribution in [1.29, 1.82) is 0 Å². The number of carbonyl (C=O) groups excluding carboxylic acids is 1. The van der Waals surface area contributed by atoms with Gasteiger partial charge in [-0.2, -0.15) is 0 Å². The molecule has 0 aliphatic heterocycles. The van der Waals surface area contributed by atoms with Gasteiger partial charge in [-0.05, 0) is 22.9 Å². The van der Waals surface area contributed by atoms with Gasteiger partial charge in [0.05, 0.1) is 13.0 Å². The maximum absolute atomic E-state index is 11.2.